The molecule has 0 aliphatic rings. The molecular formula is C18H8F6O9. The number of carboxylic acid groups (broad SMARTS) is 4. The number of rotatable bonds is 6. The first-order valence-electron chi connectivity index (χ1n) is 8.06. The molecule has 0 aliphatic heterocycles. The fourth-order valence-electron chi connectivity index (χ4n) is 2.63. The highest BCUT2D eigenvalue weighted by atomic mass is 19.4. The summed E-state index contributed by atoms with van der Waals surface area (Å²) in [5.41, 5.74) is -9.57. The summed E-state index contributed by atoms with van der Waals surface area (Å²) in [4.78, 5) is 46.0. The first kappa shape index (κ1) is 25.0. The molecule has 0 unspecified atom stereocenters. The molecule has 0 spiro atoms. The lowest BCUT2D eigenvalue weighted by Crippen LogP contribution is -2.18. The van der Waals surface area contributed by atoms with Gasteiger partial charge in [0.2, 0.25) is 0 Å². The van der Waals surface area contributed by atoms with Crippen molar-refractivity contribution in [2.75, 3.05) is 0 Å². The fraction of sp³-hybridized carbons (Fsp3) is 0.111. The number of aromatic carboxylic acids is 4. The van der Waals surface area contributed by atoms with Gasteiger partial charge in [-0.2, -0.15) is 26.3 Å². The van der Waals surface area contributed by atoms with Gasteiger partial charge in [-0.25, -0.2) is 19.2 Å². The van der Waals surface area contributed by atoms with E-state index >= 15 is 0 Å². The zero-order valence-electron chi connectivity index (χ0n) is 15.4. The van der Waals surface area contributed by atoms with E-state index < -0.39 is 81.1 Å². The van der Waals surface area contributed by atoms with E-state index in [-0.39, 0.29) is 24.3 Å². The summed E-state index contributed by atoms with van der Waals surface area (Å²) < 4.78 is 83.1. The third-order valence-corrected chi connectivity index (χ3v) is 3.95. The van der Waals surface area contributed by atoms with Crippen LogP contribution in [0.5, 0.6) is 11.5 Å². The number of hydrogen-bond donors (Lipinski definition) is 4. The smallest absolute Gasteiger partial charge is 0.416 e. The van der Waals surface area contributed by atoms with E-state index in [0.717, 1.165) is 0 Å². The molecule has 0 fully saturated rings. The third kappa shape index (κ3) is 5.13. The maximum atomic E-state index is 13.1. The minimum Gasteiger partial charge on any atom is -0.478 e. The van der Waals surface area contributed by atoms with Gasteiger partial charge in [-0.15, -0.1) is 0 Å². The molecule has 33 heavy (non-hydrogen) atoms. The molecule has 0 amide bonds. The number of ether oxygens (including phenoxy) is 1. The second kappa shape index (κ2) is 8.33. The van der Waals surface area contributed by atoms with Crippen molar-refractivity contribution in [2.45, 2.75) is 12.4 Å². The Hall–Kier alpha value is -4.30. The molecule has 15 heteroatoms. The van der Waals surface area contributed by atoms with Gasteiger partial charge in [0.25, 0.3) is 0 Å². The first-order valence-corrected chi connectivity index (χ1v) is 8.06. The van der Waals surface area contributed by atoms with Gasteiger partial charge >= 0.3 is 36.2 Å². The Morgan fingerprint density at radius 2 is 0.970 bits per heavy atom. The molecule has 2 aromatic rings. The van der Waals surface area contributed by atoms with Crippen molar-refractivity contribution < 1.29 is 70.7 Å². The summed E-state index contributed by atoms with van der Waals surface area (Å²) in [7, 11) is 0. The van der Waals surface area contributed by atoms with E-state index in [1.54, 1.807) is 0 Å². The summed E-state index contributed by atoms with van der Waals surface area (Å²) in [6, 6.07) is -0.238. The van der Waals surface area contributed by atoms with Crippen molar-refractivity contribution in [3.63, 3.8) is 0 Å². The Bertz CT molecular complexity index is 1100. The minimum absolute atomic E-state index is 0.0413. The topological polar surface area (TPSA) is 158 Å². The van der Waals surface area contributed by atoms with Crippen LogP contribution in [-0.2, 0) is 12.4 Å². The van der Waals surface area contributed by atoms with Crippen LogP contribution in [0.15, 0.2) is 24.3 Å². The number of benzene rings is 2. The van der Waals surface area contributed by atoms with E-state index in [4.69, 9.17) is 4.74 Å². The van der Waals surface area contributed by atoms with Crippen molar-refractivity contribution in [3.05, 3.63) is 57.6 Å². The third-order valence-electron chi connectivity index (χ3n) is 3.95. The highest BCUT2D eigenvalue weighted by molar-refractivity contribution is 6.12. The molecule has 2 rings (SSSR count). The SMILES string of the molecule is O=C(O)c1cc(C(=O)O)c(C(=O)O)c(Oc2cc(C(F)(F)F)cc(C(F)(F)F)c2)c1C(=O)O. The molecular weight excluding hydrogens is 474 g/mol. The average Bonchev–Trinajstić information content (AvgIpc) is 2.64. The zero-order valence-corrected chi connectivity index (χ0v) is 15.4. The molecule has 4 N–H and O–H groups in total. The lowest BCUT2D eigenvalue weighted by atomic mass is 9.96. The summed E-state index contributed by atoms with van der Waals surface area (Å²) >= 11 is 0. The average molecular weight is 482 g/mol. The van der Waals surface area contributed by atoms with E-state index in [1.165, 1.54) is 0 Å². The number of carbonyl (C=O) groups is 4. The zero-order chi connectivity index (χ0) is 25.5. The molecule has 0 saturated carbocycles. The van der Waals surface area contributed by atoms with E-state index in [2.05, 4.69) is 0 Å². The molecule has 0 bridgehead atoms. The van der Waals surface area contributed by atoms with Crippen LogP contribution in [0.4, 0.5) is 26.3 Å². The van der Waals surface area contributed by atoms with Crippen LogP contribution in [0.1, 0.15) is 52.6 Å². The molecule has 0 saturated heterocycles. The summed E-state index contributed by atoms with van der Waals surface area (Å²) in [6.07, 6.45) is -10.7. The molecule has 0 aliphatic carbocycles. The number of halogens is 6. The van der Waals surface area contributed by atoms with Crippen LogP contribution < -0.4 is 4.74 Å². The second-order valence-electron chi connectivity index (χ2n) is 6.12. The highest BCUT2D eigenvalue weighted by Gasteiger charge is 2.38. The largest absolute Gasteiger partial charge is 0.478 e. The number of alkyl halides is 6. The van der Waals surface area contributed by atoms with Crippen LogP contribution >= 0.6 is 0 Å². The number of carboxylic acids is 4. The predicted molar refractivity (Wildman–Crippen MR) is 90.8 cm³/mol. The molecule has 9 nitrogen and oxygen atoms in total. The Morgan fingerprint density at radius 1 is 0.606 bits per heavy atom. The summed E-state index contributed by atoms with van der Waals surface area (Å²) in [6.45, 7) is 0. The monoisotopic (exact) mass is 482 g/mol. The van der Waals surface area contributed by atoms with Crippen molar-refractivity contribution in [1.29, 1.82) is 0 Å². The predicted octanol–water partition coefficient (Wildman–Crippen LogP) is 4.31. The van der Waals surface area contributed by atoms with Crippen LogP contribution in [0, 0.1) is 0 Å². The summed E-state index contributed by atoms with van der Waals surface area (Å²) in [5.74, 6) is -11.6. The standard InChI is InChI=1S/C18H8F6O9/c19-17(20,21)5-1-6(18(22,23)24)3-7(2-5)33-12-10(15(29)30)8(13(25)26)4-9(14(27)28)11(12)16(31)32/h1-4H,(H,25,26)(H,27,28)(H,29,30)(H,31,32). The molecule has 2 aromatic carbocycles. The van der Waals surface area contributed by atoms with E-state index in [0.29, 0.717) is 0 Å². The van der Waals surface area contributed by atoms with Crippen molar-refractivity contribution in [1.82, 2.24) is 0 Å². The van der Waals surface area contributed by atoms with Gasteiger partial charge in [-0.05, 0) is 24.3 Å². The highest BCUT2D eigenvalue weighted by Crippen LogP contribution is 2.41. The number of hydrogen-bond acceptors (Lipinski definition) is 5. The van der Waals surface area contributed by atoms with Crippen molar-refractivity contribution >= 4 is 23.9 Å². The van der Waals surface area contributed by atoms with Crippen LogP contribution in [-0.4, -0.2) is 44.3 Å². The van der Waals surface area contributed by atoms with Crippen LogP contribution in [0.3, 0.4) is 0 Å². The Balaban J connectivity index is 2.98. The lowest BCUT2D eigenvalue weighted by Gasteiger charge is -2.18. The van der Waals surface area contributed by atoms with E-state index in [1.807, 2.05) is 0 Å². The normalized spacial score (nSPS) is 11.7. The Morgan fingerprint density at radius 3 is 1.24 bits per heavy atom. The van der Waals surface area contributed by atoms with Gasteiger partial charge in [0.1, 0.15) is 16.9 Å². The lowest BCUT2D eigenvalue weighted by molar-refractivity contribution is -0.143. The molecule has 176 valence electrons. The van der Waals surface area contributed by atoms with Crippen LogP contribution in [0.2, 0.25) is 0 Å². The minimum atomic E-state index is -5.36. The molecule has 0 heterocycles. The maximum absolute atomic E-state index is 13.1. The van der Waals surface area contributed by atoms with Gasteiger partial charge in [-0.1, -0.05) is 0 Å². The summed E-state index contributed by atoms with van der Waals surface area (Å²) in [5, 5.41) is 37.0. The van der Waals surface area contributed by atoms with Crippen molar-refractivity contribution in [2.24, 2.45) is 0 Å². The Labute approximate surface area is 177 Å². The van der Waals surface area contributed by atoms with Gasteiger partial charge in [0.05, 0.1) is 22.3 Å². The van der Waals surface area contributed by atoms with Gasteiger partial charge in [0.15, 0.2) is 5.75 Å². The fourth-order valence-corrected chi connectivity index (χ4v) is 2.63. The first-order chi connectivity index (χ1) is 14.9. The van der Waals surface area contributed by atoms with Gasteiger partial charge in [-0.3, -0.25) is 0 Å². The quantitative estimate of drug-likeness (QED) is 0.440. The van der Waals surface area contributed by atoms with Gasteiger partial charge < -0.3 is 25.2 Å². The molecule has 0 atom stereocenters. The maximum Gasteiger partial charge on any atom is 0.416 e. The van der Waals surface area contributed by atoms with Crippen LogP contribution in [0.25, 0.3) is 0 Å². The Kier molecular flexibility index (Phi) is 6.30. The molecule has 0 radical (unpaired) electrons. The second-order valence-corrected chi connectivity index (χ2v) is 6.12. The van der Waals surface area contributed by atoms with Crippen molar-refractivity contribution in [3.8, 4) is 11.5 Å². The van der Waals surface area contributed by atoms with Gasteiger partial charge in [0, 0.05) is 0 Å². The van der Waals surface area contributed by atoms with E-state index in [9.17, 15) is 65.9 Å². The molecule has 0 aromatic heterocycles.